The van der Waals surface area contributed by atoms with Crippen LogP contribution in [0.1, 0.15) is 16.8 Å². The fraction of sp³-hybridized carbons (Fsp3) is 0.333. The summed E-state index contributed by atoms with van der Waals surface area (Å²) in [5.74, 6) is -2.23. The summed E-state index contributed by atoms with van der Waals surface area (Å²) in [6, 6.07) is 3.05. The van der Waals surface area contributed by atoms with Crippen molar-refractivity contribution in [2.75, 3.05) is 18.4 Å². The van der Waals surface area contributed by atoms with Gasteiger partial charge in [-0.05, 0) is 24.6 Å². The molecular weight excluding hydrogens is 253 g/mol. The first-order valence-electron chi connectivity index (χ1n) is 5.81. The van der Waals surface area contributed by atoms with Crippen molar-refractivity contribution < 1.29 is 19.1 Å². The molecule has 0 saturated carbocycles. The molecular formula is C12H14FN3O3. The van der Waals surface area contributed by atoms with E-state index >= 15 is 0 Å². The van der Waals surface area contributed by atoms with Crippen LogP contribution in [0.25, 0.3) is 0 Å². The van der Waals surface area contributed by atoms with Crippen LogP contribution in [0.3, 0.4) is 0 Å². The minimum Gasteiger partial charge on any atom is -0.478 e. The Labute approximate surface area is 109 Å². The van der Waals surface area contributed by atoms with Gasteiger partial charge in [0, 0.05) is 24.8 Å². The number of nitrogens with two attached hydrogens (primary N) is 1. The molecule has 1 atom stereocenters. The first kappa shape index (κ1) is 13.3. The number of likely N-dealkylation sites (tertiary alicyclic amines) is 1. The van der Waals surface area contributed by atoms with E-state index in [9.17, 15) is 14.0 Å². The number of hydrogen-bond acceptors (Lipinski definition) is 3. The highest BCUT2D eigenvalue weighted by Gasteiger charge is 2.23. The normalized spacial score (nSPS) is 18.4. The zero-order chi connectivity index (χ0) is 14.0. The lowest BCUT2D eigenvalue weighted by Crippen LogP contribution is -2.35. The maximum atomic E-state index is 13.4. The number of carbonyl (C=O) groups excluding carboxylic acids is 1. The number of hydrogen-bond donors (Lipinski definition) is 3. The van der Waals surface area contributed by atoms with Crippen LogP contribution in [0.5, 0.6) is 0 Å². The molecule has 0 aromatic heterocycles. The van der Waals surface area contributed by atoms with Gasteiger partial charge in [0.25, 0.3) is 0 Å². The molecule has 1 heterocycles. The van der Waals surface area contributed by atoms with E-state index in [4.69, 9.17) is 10.8 Å². The highest BCUT2D eigenvalue weighted by atomic mass is 19.1. The summed E-state index contributed by atoms with van der Waals surface area (Å²) in [5, 5.41) is 11.2. The molecule has 0 bridgehead atoms. The molecule has 1 aliphatic rings. The average Bonchev–Trinajstić information content (AvgIpc) is 2.75. The number of nitrogens with one attached hydrogen (secondary N) is 1. The van der Waals surface area contributed by atoms with E-state index in [-0.39, 0.29) is 17.8 Å². The number of benzene rings is 1. The van der Waals surface area contributed by atoms with Crippen LogP contribution in [-0.4, -0.2) is 41.1 Å². The maximum Gasteiger partial charge on any atom is 0.338 e. The van der Waals surface area contributed by atoms with Crippen LogP contribution >= 0.6 is 0 Å². The molecule has 7 heteroatoms. The molecule has 1 aromatic rings. The summed E-state index contributed by atoms with van der Waals surface area (Å²) < 4.78 is 13.4. The van der Waals surface area contributed by atoms with E-state index in [1.165, 1.54) is 11.0 Å². The van der Waals surface area contributed by atoms with Crippen molar-refractivity contribution in [3.63, 3.8) is 0 Å². The van der Waals surface area contributed by atoms with Gasteiger partial charge in [0.15, 0.2) is 0 Å². The van der Waals surface area contributed by atoms with E-state index in [1.54, 1.807) is 0 Å². The van der Waals surface area contributed by atoms with Gasteiger partial charge in [0.1, 0.15) is 5.82 Å². The summed E-state index contributed by atoms with van der Waals surface area (Å²) in [7, 11) is 0. The SMILES string of the molecule is NC1CCN(C(=O)Nc2ccc(C(=O)O)c(F)c2)C1. The number of amides is 2. The van der Waals surface area contributed by atoms with Gasteiger partial charge in [0.05, 0.1) is 5.56 Å². The molecule has 19 heavy (non-hydrogen) atoms. The second-order valence-electron chi connectivity index (χ2n) is 4.42. The molecule has 1 unspecified atom stereocenters. The molecule has 1 aromatic carbocycles. The van der Waals surface area contributed by atoms with Crippen molar-refractivity contribution in [1.29, 1.82) is 0 Å². The number of carboxylic acids is 1. The van der Waals surface area contributed by atoms with Gasteiger partial charge in [-0.15, -0.1) is 0 Å². The van der Waals surface area contributed by atoms with Crippen molar-refractivity contribution in [1.82, 2.24) is 4.90 Å². The van der Waals surface area contributed by atoms with Crippen molar-refractivity contribution in [2.24, 2.45) is 5.73 Å². The predicted molar refractivity (Wildman–Crippen MR) is 66.5 cm³/mol. The summed E-state index contributed by atoms with van der Waals surface area (Å²) in [6.07, 6.45) is 0.736. The minimum atomic E-state index is -1.35. The number of rotatable bonds is 2. The molecule has 0 radical (unpaired) electrons. The van der Waals surface area contributed by atoms with Crippen LogP contribution in [0.4, 0.5) is 14.9 Å². The topological polar surface area (TPSA) is 95.7 Å². The molecule has 1 saturated heterocycles. The third-order valence-corrected chi connectivity index (χ3v) is 2.96. The maximum absolute atomic E-state index is 13.4. The molecule has 1 fully saturated rings. The standard InChI is InChI=1S/C12H14FN3O3/c13-10-5-8(1-2-9(10)11(17)18)15-12(19)16-4-3-7(14)6-16/h1-2,5,7H,3-4,6,14H2,(H,15,19)(H,17,18). The third kappa shape index (κ3) is 3.00. The number of carboxylic acid groups (broad SMARTS) is 1. The molecule has 0 aliphatic carbocycles. The van der Waals surface area contributed by atoms with Crippen molar-refractivity contribution in [3.8, 4) is 0 Å². The van der Waals surface area contributed by atoms with E-state index in [1.807, 2.05) is 0 Å². The zero-order valence-corrected chi connectivity index (χ0v) is 10.1. The quantitative estimate of drug-likeness (QED) is 0.747. The average molecular weight is 267 g/mol. The predicted octanol–water partition coefficient (Wildman–Crippen LogP) is 1.09. The van der Waals surface area contributed by atoms with Crippen LogP contribution in [0, 0.1) is 5.82 Å². The van der Waals surface area contributed by atoms with Crippen LogP contribution in [0.2, 0.25) is 0 Å². The highest BCUT2D eigenvalue weighted by Crippen LogP contribution is 2.16. The molecule has 1 aliphatic heterocycles. The Morgan fingerprint density at radius 3 is 2.74 bits per heavy atom. The van der Waals surface area contributed by atoms with Crippen molar-refractivity contribution in [2.45, 2.75) is 12.5 Å². The van der Waals surface area contributed by atoms with Crippen LogP contribution < -0.4 is 11.1 Å². The van der Waals surface area contributed by atoms with Gasteiger partial charge in [-0.25, -0.2) is 14.0 Å². The Hall–Kier alpha value is -2.15. The number of aromatic carboxylic acids is 1. The lowest BCUT2D eigenvalue weighted by Gasteiger charge is -2.16. The largest absolute Gasteiger partial charge is 0.478 e. The van der Waals surface area contributed by atoms with Gasteiger partial charge < -0.3 is 21.1 Å². The van der Waals surface area contributed by atoms with Gasteiger partial charge >= 0.3 is 12.0 Å². The summed E-state index contributed by atoms with van der Waals surface area (Å²) >= 11 is 0. The van der Waals surface area contributed by atoms with E-state index in [0.717, 1.165) is 18.6 Å². The number of urea groups is 1. The lowest BCUT2D eigenvalue weighted by molar-refractivity contribution is 0.0692. The minimum absolute atomic E-state index is 0.0307. The molecule has 6 nitrogen and oxygen atoms in total. The second kappa shape index (κ2) is 5.23. The molecule has 4 N–H and O–H groups in total. The fourth-order valence-corrected chi connectivity index (χ4v) is 1.94. The summed E-state index contributed by atoms with van der Waals surface area (Å²) in [5.41, 5.74) is 5.47. The Morgan fingerprint density at radius 1 is 1.47 bits per heavy atom. The highest BCUT2D eigenvalue weighted by molar-refractivity contribution is 5.92. The number of anilines is 1. The van der Waals surface area contributed by atoms with Gasteiger partial charge in [0.2, 0.25) is 0 Å². The van der Waals surface area contributed by atoms with Gasteiger partial charge in [-0.3, -0.25) is 0 Å². The monoisotopic (exact) mass is 267 g/mol. The van der Waals surface area contributed by atoms with Crippen LogP contribution in [-0.2, 0) is 0 Å². The van der Waals surface area contributed by atoms with E-state index in [0.29, 0.717) is 13.1 Å². The van der Waals surface area contributed by atoms with Gasteiger partial charge in [-0.1, -0.05) is 0 Å². The third-order valence-electron chi connectivity index (χ3n) is 2.96. The van der Waals surface area contributed by atoms with Gasteiger partial charge in [-0.2, -0.15) is 0 Å². The second-order valence-corrected chi connectivity index (χ2v) is 4.42. The Balaban J connectivity index is 2.05. The summed E-state index contributed by atoms with van der Waals surface area (Å²) in [6.45, 7) is 1.02. The van der Waals surface area contributed by atoms with Crippen molar-refractivity contribution in [3.05, 3.63) is 29.6 Å². The fourth-order valence-electron chi connectivity index (χ4n) is 1.94. The van der Waals surface area contributed by atoms with E-state index in [2.05, 4.69) is 5.32 Å². The molecule has 2 rings (SSSR count). The number of carbonyl (C=O) groups is 2. The Morgan fingerprint density at radius 2 is 2.21 bits per heavy atom. The molecule has 102 valence electrons. The first-order chi connectivity index (χ1) is 8.97. The summed E-state index contributed by atoms with van der Waals surface area (Å²) in [4.78, 5) is 24.0. The number of halogens is 1. The smallest absolute Gasteiger partial charge is 0.338 e. The van der Waals surface area contributed by atoms with E-state index < -0.39 is 17.3 Å². The molecule has 0 spiro atoms. The Bertz CT molecular complexity index is 521. The van der Waals surface area contributed by atoms with Crippen molar-refractivity contribution >= 4 is 17.7 Å². The number of nitrogens with zero attached hydrogens (tertiary/aromatic N) is 1. The first-order valence-corrected chi connectivity index (χ1v) is 5.81. The Kier molecular flexibility index (Phi) is 3.66. The lowest BCUT2D eigenvalue weighted by atomic mass is 10.2. The van der Waals surface area contributed by atoms with Crippen LogP contribution in [0.15, 0.2) is 18.2 Å². The molecule has 2 amide bonds. The zero-order valence-electron chi connectivity index (χ0n) is 10.1.